The van der Waals surface area contributed by atoms with Crippen LogP contribution < -0.4 is 5.32 Å². The Morgan fingerprint density at radius 2 is 2.00 bits per heavy atom. The van der Waals surface area contributed by atoms with Gasteiger partial charge in [-0.25, -0.2) is 0 Å². The van der Waals surface area contributed by atoms with Crippen molar-refractivity contribution in [3.63, 3.8) is 0 Å². The minimum Gasteiger partial charge on any atom is -0.468 e. The van der Waals surface area contributed by atoms with Gasteiger partial charge in [-0.2, -0.15) is 0 Å². The van der Waals surface area contributed by atoms with Crippen molar-refractivity contribution in [2.45, 2.75) is 38.8 Å². The third-order valence-electron chi connectivity index (χ3n) is 2.76. The van der Waals surface area contributed by atoms with Crippen LogP contribution in [0.15, 0.2) is 30.3 Å². The lowest BCUT2D eigenvalue weighted by Crippen LogP contribution is -2.43. The normalized spacial score (nSPS) is 14.1. The van der Waals surface area contributed by atoms with Crippen molar-refractivity contribution in [1.82, 2.24) is 5.32 Å². The van der Waals surface area contributed by atoms with Gasteiger partial charge in [0.1, 0.15) is 6.04 Å². The Hall–Kier alpha value is -1.35. The summed E-state index contributed by atoms with van der Waals surface area (Å²) in [5.41, 5.74) is 1.27. The zero-order valence-corrected chi connectivity index (χ0v) is 10.8. The first-order valence-corrected chi connectivity index (χ1v) is 6.05. The van der Waals surface area contributed by atoms with Gasteiger partial charge in [0, 0.05) is 6.04 Å². The predicted molar refractivity (Wildman–Crippen MR) is 68.8 cm³/mol. The molecule has 1 aromatic rings. The molecular weight excluding hydrogens is 214 g/mol. The van der Waals surface area contributed by atoms with Crippen LogP contribution in [0.4, 0.5) is 0 Å². The lowest BCUT2D eigenvalue weighted by atomic mass is 10.1. The molecule has 2 atom stereocenters. The first-order chi connectivity index (χ1) is 8.17. The largest absolute Gasteiger partial charge is 0.468 e. The summed E-state index contributed by atoms with van der Waals surface area (Å²) in [4.78, 5) is 11.4. The molecule has 0 spiro atoms. The summed E-state index contributed by atoms with van der Waals surface area (Å²) < 4.78 is 4.75. The summed E-state index contributed by atoms with van der Waals surface area (Å²) >= 11 is 0. The third-order valence-corrected chi connectivity index (χ3v) is 2.76. The smallest absolute Gasteiger partial charge is 0.322 e. The van der Waals surface area contributed by atoms with Crippen LogP contribution in [0.5, 0.6) is 0 Å². The summed E-state index contributed by atoms with van der Waals surface area (Å²) in [5, 5.41) is 3.29. The Morgan fingerprint density at radius 3 is 2.53 bits per heavy atom. The highest BCUT2D eigenvalue weighted by Gasteiger charge is 2.18. The van der Waals surface area contributed by atoms with Gasteiger partial charge in [-0.1, -0.05) is 37.3 Å². The molecule has 0 aliphatic carbocycles. The second-order valence-electron chi connectivity index (χ2n) is 4.24. The molecule has 0 aliphatic heterocycles. The first-order valence-electron chi connectivity index (χ1n) is 6.05. The molecule has 0 radical (unpaired) electrons. The highest BCUT2D eigenvalue weighted by Crippen LogP contribution is 2.04. The molecule has 0 bridgehead atoms. The zero-order valence-electron chi connectivity index (χ0n) is 10.8. The van der Waals surface area contributed by atoms with Crippen molar-refractivity contribution >= 4 is 5.97 Å². The number of benzene rings is 1. The fourth-order valence-corrected chi connectivity index (χ4v) is 1.86. The number of rotatable bonds is 6. The van der Waals surface area contributed by atoms with Gasteiger partial charge in [-0.15, -0.1) is 0 Å². The fourth-order valence-electron chi connectivity index (χ4n) is 1.86. The van der Waals surface area contributed by atoms with E-state index in [4.69, 9.17) is 4.74 Å². The van der Waals surface area contributed by atoms with Gasteiger partial charge in [-0.3, -0.25) is 4.79 Å². The Balaban J connectivity index is 2.48. The minimum absolute atomic E-state index is 0.188. The second kappa shape index (κ2) is 7.07. The van der Waals surface area contributed by atoms with Crippen LogP contribution in [0.2, 0.25) is 0 Å². The van der Waals surface area contributed by atoms with Crippen molar-refractivity contribution in [2.75, 3.05) is 7.11 Å². The maximum atomic E-state index is 11.4. The van der Waals surface area contributed by atoms with Crippen molar-refractivity contribution < 1.29 is 9.53 Å². The summed E-state index contributed by atoms with van der Waals surface area (Å²) in [6.07, 6.45) is 1.65. The van der Waals surface area contributed by atoms with Crippen LogP contribution in [0.1, 0.15) is 25.8 Å². The molecule has 0 aliphatic rings. The van der Waals surface area contributed by atoms with E-state index in [0.717, 1.165) is 12.8 Å². The molecule has 0 saturated carbocycles. The van der Waals surface area contributed by atoms with E-state index in [1.165, 1.54) is 12.7 Å². The molecule has 1 aromatic carbocycles. The lowest BCUT2D eigenvalue weighted by Gasteiger charge is -2.20. The Morgan fingerprint density at radius 1 is 1.35 bits per heavy atom. The fraction of sp³-hybridized carbons (Fsp3) is 0.500. The van der Waals surface area contributed by atoms with E-state index in [2.05, 4.69) is 24.4 Å². The van der Waals surface area contributed by atoms with Crippen molar-refractivity contribution in [3.05, 3.63) is 35.9 Å². The van der Waals surface area contributed by atoms with E-state index in [1.807, 2.05) is 25.1 Å². The van der Waals surface area contributed by atoms with Gasteiger partial charge in [0.25, 0.3) is 0 Å². The minimum atomic E-state index is -0.210. The Bertz CT molecular complexity index is 337. The molecule has 0 heterocycles. The lowest BCUT2D eigenvalue weighted by molar-refractivity contribution is -0.143. The molecule has 3 nitrogen and oxygen atoms in total. The van der Waals surface area contributed by atoms with E-state index in [0.29, 0.717) is 0 Å². The zero-order chi connectivity index (χ0) is 12.7. The summed E-state index contributed by atoms with van der Waals surface area (Å²) in [6, 6.07) is 10.3. The Kier molecular flexibility index (Phi) is 5.70. The van der Waals surface area contributed by atoms with E-state index >= 15 is 0 Å². The molecule has 0 aromatic heterocycles. The molecule has 0 saturated heterocycles. The molecule has 0 amide bonds. The third kappa shape index (κ3) is 4.57. The highest BCUT2D eigenvalue weighted by molar-refractivity contribution is 5.75. The van der Waals surface area contributed by atoms with E-state index in [9.17, 15) is 4.79 Å². The molecule has 94 valence electrons. The number of esters is 1. The molecule has 17 heavy (non-hydrogen) atoms. The molecular formula is C14H21NO2. The van der Waals surface area contributed by atoms with Gasteiger partial charge in [0.15, 0.2) is 0 Å². The summed E-state index contributed by atoms with van der Waals surface area (Å²) in [5.74, 6) is -0.188. The quantitative estimate of drug-likeness (QED) is 0.768. The summed E-state index contributed by atoms with van der Waals surface area (Å²) in [7, 11) is 1.43. The van der Waals surface area contributed by atoms with Crippen LogP contribution >= 0.6 is 0 Å². The SMILES string of the molecule is CCC(NC(C)Cc1ccccc1)C(=O)OC. The van der Waals surface area contributed by atoms with Crippen LogP contribution in [-0.2, 0) is 16.0 Å². The average Bonchev–Trinajstić information content (AvgIpc) is 2.36. The molecule has 3 heteroatoms. The first kappa shape index (κ1) is 13.7. The highest BCUT2D eigenvalue weighted by atomic mass is 16.5. The van der Waals surface area contributed by atoms with E-state index in [-0.39, 0.29) is 18.1 Å². The number of carbonyl (C=O) groups excluding carboxylic acids is 1. The number of carbonyl (C=O) groups is 1. The van der Waals surface area contributed by atoms with Crippen LogP contribution in [-0.4, -0.2) is 25.2 Å². The van der Waals surface area contributed by atoms with Gasteiger partial charge in [0.2, 0.25) is 0 Å². The second-order valence-corrected chi connectivity index (χ2v) is 4.24. The van der Waals surface area contributed by atoms with Crippen LogP contribution in [0.25, 0.3) is 0 Å². The summed E-state index contributed by atoms with van der Waals surface area (Å²) in [6.45, 7) is 4.06. The monoisotopic (exact) mass is 235 g/mol. The topological polar surface area (TPSA) is 38.3 Å². The molecule has 1 N–H and O–H groups in total. The Labute approximate surface area is 103 Å². The maximum absolute atomic E-state index is 11.4. The van der Waals surface area contributed by atoms with E-state index in [1.54, 1.807) is 0 Å². The standard InChI is InChI=1S/C14H21NO2/c1-4-13(14(16)17-3)15-11(2)10-12-8-6-5-7-9-12/h5-9,11,13,15H,4,10H2,1-3H3. The maximum Gasteiger partial charge on any atom is 0.322 e. The van der Waals surface area contributed by atoms with Gasteiger partial charge >= 0.3 is 5.97 Å². The number of hydrogen-bond acceptors (Lipinski definition) is 3. The molecule has 0 fully saturated rings. The molecule has 2 unspecified atom stereocenters. The number of methoxy groups -OCH3 is 1. The van der Waals surface area contributed by atoms with E-state index < -0.39 is 0 Å². The van der Waals surface area contributed by atoms with Crippen molar-refractivity contribution in [2.24, 2.45) is 0 Å². The van der Waals surface area contributed by atoms with Crippen LogP contribution in [0, 0.1) is 0 Å². The predicted octanol–water partition coefficient (Wildman–Crippen LogP) is 2.16. The molecule has 1 rings (SSSR count). The van der Waals surface area contributed by atoms with Gasteiger partial charge in [0.05, 0.1) is 7.11 Å². The average molecular weight is 235 g/mol. The number of nitrogens with one attached hydrogen (secondary N) is 1. The van der Waals surface area contributed by atoms with Crippen molar-refractivity contribution in [3.8, 4) is 0 Å². The van der Waals surface area contributed by atoms with Crippen molar-refractivity contribution in [1.29, 1.82) is 0 Å². The van der Waals surface area contributed by atoms with Gasteiger partial charge < -0.3 is 10.1 Å². The number of ether oxygens (including phenoxy) is 1. The van der Waals surface area contributed by atoms with Gasteiger partial charge in [-0.05, 0) is 25.3 Å². The van der Waals surface area contributed by atoms with Crippen LogP contribution in [0.3, 0.4) is 0 Å². The number of hydrogen-bond donors (Lipinski definition) is 1.